The van der Waals surface area contributed by atoms with E-state index in [1.165, 1.54) is 35.3 Å². The van der Waals surface area contributed by atoms with Gasteiger partial charge in [0.25, 0.3) is 0 Å². The van der Waals surface area contributed by atoms with Crippen molar-refractivity contribution in [1.82, 2.24) is 0 Å². The van der Waals surface area contributed by atoms with Gasteiger partial charge in [-0.05, 0) is 64.5 Å². The first kappa shape index (κ1) is 25.5. The molecule has 36 heavy (non-hydrogen) atoms. The van der Waals surface area contributed by atoms with E-state index in [0.29, 0.717) is 9.81 Å². The molecule has 3 heterocycles. The Balaban J connectivity index is 1.71. The zero-order valence-electron chi connectivity index (χ0n) is 21.0. The largest absolute Gasteiger partial charge is 0.462 e. The molecule has 5 rings (SSSR count). The molecule has 0 aromatic heterocycles. The van der Waals surface area contributed by atoms with Gasteiger partial charge < -0.3 is 14.4 Å². The van der Waals surface area contributed by atoms with E-state index in [4.69, 9.17) is 9.47 Å². The zero-order valence-corrected chi connectivity index (χ0v) is 23.5. The van der Waals surface area contributed by atoms with E-state index in [9.17, 15) is 14.4 Å². The molecular formula is C27H29NO5S3. The smallest absolute Gasteiger partial charge is 0.345 e. The van der Waals surface area contributed by atoms with Gasteiger partial charge in [-0.15, -0.1) is 11.8 Å². The SMILES string of the molecule is CCOC(=O)C1=C[C@]2(SC=C(C(=O)OCC)S2)C2=C(S1)C(C)(C)N(C(=O)C1CC1)c1c(C)cccc12. The molecule has 190 valence electrons. The maximum atomic E-state index is 13.7. The number of aryl methyl sites for hydroxylation is 1. The van der Waals surface area contributed by atoms with Crippen LogP contribution in [0.5, 0.6) is 0 Å². The number of anilines is 1. The maximum Gasteiger partial charge on any atom is 0.345 e. The summed E-state index contributed by atoms with van der Waals surface area (Å²) < 4.78 is 9.93. The summed E-state index contributed by atoms with van der Waals surface area (Å²) in [6.07, 6.45) is 3.73. The summed E-state index contributed by atoms with van der Waals surface area (Å²) >= 11 is 4.27. The summed E-state index contributed by atoms with van der Waals surface area (Å²) in [4.78, 5) is 43.3. The van der Waals surface area contributed by atoms with Crippen LogP contribution in [0.4, 0.5) is 5.69 Å². The monoisotopic (exact) mass is 543 g/mol. The van der Waals surface area contributed by atoms with Crippen molar-refractivity contribution in [2.45, 2.75) is 57.1 Å². The van der Waals surface area contributed by atoms with Crippen LogP contribution in [0.25, 0.3) is 5.57 Å². The number of ether oxygens (including phenoxy) is 2. The lowest BCUT2D eigenvalue weighted by molar-refractivity contribution is -0.138. The number of fused-ring (bicyclic) bond motifs is 3. The molecule has 1 atom stereocenters. The number of esters is 2. The molecule has 3 aliphatic heterocycles. The maximum absolute atomic E-state index is 13.7. The molecule has 0 bridgehead atoms. The normalized spacial score (nSPS) is 24.1. The van der Waals surface area contributed by atoms with Crippen LogP contribution < -0.4 is 4.90 Å². The van der Waals surface area contributed by atoms with Crippen LogP contribution >= 0.6 is 35.3 Å². The first-order chi connectivity index (χ1) is 17.1. The van der Waals surface area contributed by atoms with Crippen LogP contribution in [0.15, 0.2) is 44.4 Å². The summed E-state index contributed by atoms with van der Waals surface area (Å²) in [5, 5.41) is 1.83. The van der Waals surface area contributed by atoms with Gasteiger partial charge in [0.05, 0.1) is 29.3 Å². The lowest BCUT2D eigenvalue weighted by atomic mass is 9.83. The Kier molecular flexibility index (Phi) is 6.62. The third-order valence-electron chi connectivity index (χ3n) is 6.66. The van der Waals surface area contributed by atoms with Gasteiger partial charge in [-0.1, -0.05) is 41.7 Å². The Hall–Kier alpha value is -2.10. The fourth-order valence-electron chi connectivity index (χ4n) is 4.89. The first-order valence-electron chi connectivity index (χ1n) is 12.2. The predicted octanol–water partition coefficient (Wildman–Crippen LogP) is 6.02. The number of nitrogens with zero attached hydrogens (tertiary/aromatic N) is 1. The zero-order chi connectivity index (χ0) is 25.8. The second-order valence-corrected chi connectivity index (χ2v) is 13.3. The van der Waals surface area contributed by atoms with Gasteiger partial charge in [0, 0.05) is 22.0 Å². The molecule has 0 N–H and O–H groups in total. The molecular weight excluding hydrogens is 515 g/mol. The van der Waals surface area contributed by atoms with Gasteiger partial charge in [-0.25, -0.2) is 9.59 Å². The number of amides is 1. The molecule has 1 aromatic carbocycles. The molecule has 9 heteroatoms. The standard InChI is InChI=1S/C27H29NO5S3/c1-6-32-24(30)18-13-27(34-14-19(36-27)25(31)33-7-2)20-17-10-8-9-15(3)21(17)28(23(29)16-11-12-16)26(4,5)22(20)35-18/h8-10,13-14,16H,6-7,11-12H2,1-5H3/t27-/m1/s1. The molecule has 1 saturated carbocycles. The number of rotatable bonds is 5. The van der Waals surface area contributed by atoms with E-state index in [-0.39, 0.29) is 31.0 Å². The van der Waals surface area contributed by atoms with Crippen molar-refractivity contribution >= 4 is 64.4 Å². The van der Waals surface area contributed by atoms with Gasteiger partial charge in [0.1, 0.15) is 8.98 Å². The van der Waals surface area contributed by atoms with Crippen LogP contribution in [-0.2, 0) is 23.9 Å². The second-order valence-electron chi connectivity index (χ2n) is 9.60. The second kappa shape index (κ2) is 9.33. The van der Waals surface area contributed by atoms with Gasteiger partial charge in [0.2, 0.25) is 5.91 Å². The summed E-state index contributed by atoms with van der Waals surface area (Å²) in [5.74, 6) is -0.608. The molecule has 0 saturated heterocycles. The number of carbonyl (C=O) groups is 3. The molecule has 1 aliphatic carbocycles. The van der Waals surface area contributed by atoms with Crippen molar-refractivity contribution in [1.29, 1.82) is 0 Å². The Bertz CT molecular complexity index is 1260. The van der Waals surface area contributed by atoms with E-state index in [1.807, 2.05) is 35.4 Å². The van der Waals surface area contributed by atoms with Gasteiger partial charge in [0.15, 0.2) is 0 Å². The van der Waals surface area contributed by atoms with Crippen molar-refractivity contribution in [2.75, 3.05) is 18.1 Å². The highest BCUT2D eigenvalue weighted by Crippen LogP contribution is 2.67. The van der Waals surface area contributed by atoms with Gasteiger partial charge >= 0.3 is 11.9 Å². The number of thioether (sulfide) groups is 3. The Morgan fingerprint density at radius 1 is 1.06 bits per heavy atom. The highest BCUT2D eigenvalue weighted by atomic mass is 32.2. The minimum absolute atomic E-state index is 0.0359. The van der Waals surface area contributed by atoms with Gasteiger partial charge in [-0.3, -0.25) is 4.79 Å². The fraction of sp³-hybridized carbons (Fsp3) is 0.444. The average molecular weight is 544 g/mol. The van der Waals surface area contributed by atoms with E-state index in [2.05, 4.69) is 19.9 Å². The van der Waals surface area contributed by atoms with Crippen molar-refractivity contribution < 1.29 is 23.9 Å². The summed E-state index contributed by atoms with van der Waals surface area (Å²) in [6.45, 7) is 10.3. The molecule has 6 nitrogen and oxygen atoms in total. The minimum atomic E-state index is -0.765. The highest BCUT2D eigenvalue weighted by molar-refractivity contribution is 8.25. The van der Waals surface area contributed by atoms with Crippen LogP contribution in [-0.4, -0.2) is 40.7 Å². The fourth-order valence-corrected chi connectivity index (χ4v) is 9.28. The Morgan fingerprint density at radius 3 is 2.36 bits per heavy atom. The Labute approximate surface area is 224 Å². The third kappa shape index (κ3) is 4.03. The van der Waals surface area contributed by atoms with Crippen molar-refractivity contribution in [3.63, 3.8) is 0 Å². The molecule has 1 aromatic rings. The summed E-state index contributed by atoms with van der Waals surface area (Å²) in [7, 11) is 0. The topological polar surface area (TPSA) is 72.9 Å². The van der Waals surface area contributed by atoms with E-state index in [1.54, 1.807) is 13.8 Å². The van der Waals surface area contributed by atoms with Crippen molar-refractivity contribution in [3.05, 3.63) is 55.5 Å². The average Bonchev–Trinajstić information content (AvgIpc) is 3.60. The van der Waals surface area contributed by atoms with Gasteiger partial charge in [-0.2, -0.15) is 0 Å². The summed E-state index contributed by atoms with van der Waals surface area (Å²) in [6, 6.07) is 6.09. The van der Waals surface area contributed by atoms with Crippen molar-refractivity contribution in [3.8, 4) is 0 Å². The molecule has 4 aliphatic rings. The van der Waals surface area contributed by atoms with Crippen LogP contribution in [0.3, 0.4) is 0 Å². The lowest BCUT2D eigenvalue weighted by Gasteiger charge is -2.50. The minimum Gasteiger partial charge on any atom is -0.462 e. The van der Waals surface area contributed by atoms with Crippen LogP contribution in [0, 0.1) is 12.8 Å². The highest BCUT2D eigenvalue weighted by Gasteiger charge is 2.55. The molecule has 1 fully saturated rings. The number of carbonyl (C=O) groups excluding carboxylic acids is 3. The Morgan fingerprint density at radius 2 is 1.72 bits per heavy atom. The predicted molar refractivity (Wildman–Crippen MR) is 147 cm³/mol. The molecule has 1 amide bonds. The third-order valence-corrected chi connectivity index (χ3v) is 10.9. The first-order valence-corrected chi connectivity index (χ1v) is 14.7. The van der Waals surface area contributed by atoms with Crippen LogP contribution in [0.2, 0.25) is 0 Å². The molecule has 1 spiro atoms. The number of hydrogen-bond acceptors (Lipinski definition) is 8. The lowest BCUT2D eigenvalue weighted by Crippen LogP contribution is -2.53. The van der Waals surface area contributed by atoms with E-state index >= 15 is 0 Å². The number of hydrogen-bond donors (Lipinski definition) is 0. The molecule has 0 radical (unpaired) electrons. The van der Waals surface area contributed by atoms with Crippen LogP contribution in [0.1, 0.15) is 51.7 Å². The quantitative estimate of drug-likeness (QED) is 0.418. The van der Waals surface area contributed by atoms with E-state index < -0.39 is 15.6 Å². The number of benzene rings is 1. The summed E-state index contributed by atoms with van der Waals surface area (Å²) in [5.41, 5.74) is 3.22. The molecule has 0 unspecified atom stereocenters. The number of para-hydroxylation sites is 1. The van der Waals surface area contributed by atoms with E-state index in [0.717, 1.165) is 40.1 Å². The van der Waals surface area contributed by atoms with Crippen molar-refractivity contribution in [2.24, 2.45) is 5.92 Å².